The molecule has 0 bridgehead atoms. The van der Waals surface area contributed by atoms with Crippen molar-refractivity contribution in [2.45, 2.75) is 20.8 Å². The average molecular weight is 187 g/mol. The van der Waals surface area contributed by atoms with E-state index >= 15 is 0 Å². The maximum atomic E-state index is 3.13. The van der Waals surface area contributed by atoms with Crippen molar-refractivity contribution >= 4 is 15.9 Å². The lowest BCUT2D eigenvalue weighted by molar-refractivity contribution is 0.571. The van der Waals surface area contributed by atoms with Crippen molar-refractivity contribution in [2.24, 2.45) is 5.41 Å². The van der Waals surface area contributed by atoms with E-state index in [-0.39, 0.29) is 5.41 Å². The summed E-state index contributed by atoms with van der Waals surface area (Å²) in [7, 11) is 0. The topological polar surface area (TPSA) is 0 Å². The van der Waals surface area contributed by atoms with Crippen LogP contribution < -0.4 is 0 Å². The predicted molar refractivity (Wildman–Crippen MR) is 45.3 cm³/mol. The molecule has 0 saturated heterocycles. The van der Waals surface area contributed by atoms with Crippen molar-refractivity contribution in [3.05, 3.63) is 11.1 Å². The first kappa shape index (κ1) is 8.78. The van der Waals surface area contributed by atoms with Gasteiger partial charge in [0, 0.05) is 5.41 Å². The Balaban J connectivity index is 3.88. The summed E-state index contributed by atoms with van der Waals surface area (Å²) in [6, 6.07) is 0. The summed E-state index contributed by atoms with van der Waals surface area (Å²) in [4.78, 5) is 1.76. The van der Waals surface area contributed by atoms with Crippen LogP contribution in [0.5, 0.6) is 0 Å². The van der Waals surface area contributed by atoms with E-state index in [9.17, 15) is 0 Å². The highest BCUT2D eigenvalue weighted by Crippen LogP contribution is 2.09. The van der Waals surface area contributed by atoms with Crippen LogP contribution in [0, 0.1) is 17.3 Å². The third-order valence-corrected chi connectivity index (χ3v) is 0.858. The van der Waals surface area contributed by atoms with Crippen molar-refractivity contribution in [2.75, 3.05) is 0 Å². The van der Waals surface area contributed by atoms with Crippen molar-refractivity contribution in [3.63, 3.8) is 0 Å². The van der Waals surface area contributed by atoms with Crippen LogP contribution in [0.4, 0.5) is 0 Å². The fourth-order valence-electron chi connectivity index (χ4n) is 0.290. The molecule has 0 N–H and O–H groups in total. The Morgan fingerprint density at radius 2 is 1.89 bits per heavy atom. The average Bonchev–Trinajstić information content (AvgIpc) is 1.63. The summed E-state index contributed by atoms with van der Waals surface area (Å²) in [5.74, 6) is 5.95. The van der Waals surface area contributed by atoms with Gasteiger partial charge in [-0.05, 0) is 31.8 Å². The van der Waals surface area contributed by atoms with E-state index in [0.29, 0.717) is 0 Å². The van der Waals surface area contributed by atoms with E-state index in [1.807, 2.05) is 0 Å². The lowest BCUT2D eigenvalue weighted by Crippen LogP contribution is -1.98. The largest absolute Gasteiger partial charge is 0.0926 e. The minimum atomic E-state index is 0.118. The third kappa shape index (κ3) is 7.78. The van der Waals surface area contributed by atoms with Crippen molar-refractivity contribution in [3.8, 4) is 11.8 Å². The first-order valence-electron chi connectivity index (χ1n) is 2.84. The Hall–Kier alpha value is -0.220. The molecule has 0 heterocycles. The number of hydrogen-bond donors (Lipinski definition) is 0. The van der Waals surface area contributed by atoms with E-state index in [1.165, 1.54) is 0 Å². The second-order valence-electron chi connectivity index (χ2n) is 2.81. The molecule has 0 aromatic carbocycles. The van der Waals surface area contributed by atoms with Gasteiger partial charge in [-0.25, -0.2) is 0 Å². The molecule has 0 radical (unpaired) electrons. The van der Waals surface area contributed by atoms with E-state index in [1.54, 1.807) is 11.1 Å². The zero-order valence-corrected chi connectivity index (χ0v) is 7.62. The highest BCUT2D eigenvalue weighted by atomic mass is 79.9. The summed E-state index contributed by atoms with van der Waals surface area (Å²) in [5, 5.41) is 0. The summed E-state index contributed by atoms with van der Waals surface area (Å²) >= 11 is 3.13. The van der Waals surface area contributed by atoms with Crippen LogP contribution in [0.25, 0.3) is 0 Å². The monoisotopic (exact) mass is 186 g/mol. The lowest BCUT2D eigenvalue weighted by atomic mass is 9.98. The Bertz CT molecular complexity index is 150. The van der Waals surface area contributed by atoms with E-state index < -0.39 is 0 Å². The first-order chi connectivity index (χ1) is 4.06. The molecule has 0 aliphatic carbocycles. The highest BCUT2D eigenvalue weighted by Gasteiger charge is 2.01. The second kappa shape index (κ2) is 3.74. The lowest BCUT2D eigenvalue weighted by Gasteiger charge is -2.05. The molecule has 50 valence electrons. The molecule has 0 saturated carbocycles. The summed E-state index contributed by atoms with van der Waals surface area (Å²) < 4.78 is 0. The maximum Gasteiger partial charge on any atom is 0.0233 e. The van der Waals surface area contributed by atoms with Gasteiger partial charge >= 0.3 is 0 Å². The summed E-state index contributed by atoms with van der Waals surface area (Å²) in [5.41, 5.74) is 0.118. The molecule has 9 heavy (non-hydrogen) atoms. The molecule has 0 aliphatic rings. The fourth-order valence-corrected chi connectivity index (χ4v) is 0.422. The zero-order valence-electron chi connectivity index (χ0n) is 6.03. The molecular weight excluding hydrogens is 176 g/mol. The van der Waals surface area contributed by atoms with E-state index in [4.69, 9.17) is 0 Å². The van der Waals surface area contributed by atoms with Gasteiger partial charge in [-0.1, -0.05) is 27.8 Å². The van der Waals surface area contributed by atoms with E-state index in [2.05, 4.69) is 48.5 Å². The van der Waals surface area contributed by atoms with Crippen LogP contribution in [0.1, 0.15) is 20.8 Å². The normalized spacial score (nSPS) is 11.1. The summed E-state index contributed by atoms with van der Waals surface area (Å²) in [6.07, 6.45) is 1.78. The van der Waals surface area contributed by atoms with Crippen LogP contribution in [0.3, 0.4) is 0 Å². The molecule has 0 rings (SSSR count). The molecule has 1 heteroatoms. The molecule has 0 unspecified atom stereocenters. The molecule has 0 atom stereocenters. The van der Waals surface area contributed by atoms with Gasteiger partial charge in [-0.3, -0.25) is 0 Å². The summed E-state index contributed by atoms with van der Waals surface area (Å²) in [6.45, 7) is 6.26. The second-order valence-corrected chi connectivity index (χ2v) is 3.34. The minimum absolute atomic E-state index is 0.118. The van der Waals surface area contributed by atoms with E-state index in [0.717, 1.165) is 0 Å². The van der Waals surface area contributed by atoms with Crippen molar-refractivity contribution in [1.29, 1.82) is 0 Å². The Kier molecular flexibility index (Phi) is 3.65. The Labute approximate surface area is 65.5 Å². The standard InChI is InChI=1S/C8H11Br/c1-8(2,3)6-4-5-7-9/h5,7H,1-3H3/b7-5+. The van der Waals surface area contributed by atoms with Gasteiger partial charge in [0.05, 0.1) is 0 Å². The number of halogens is 1. The molecule has 0 fully saturated rings. The smallest absolute Gasteiger partial charge is 0.0233 e. The molecule has 0 aliphatic heterocycles. The van der Waals surface area contributed by atoms with Gasteiger partial charge in [0.15, 0.2) is 0 Å². The Morgan fingerprint density at radius 1 is 1.33 bits per heavy atom. The molecule has 0 aromatic rings. The van der Waals surface area contributed by atoms with Gasteiger partial charge in [0.1, 0.15) is 0 Å². The molecule has 0 aromatic heterocycles. The number of allylic oxidation sites excluding steroid dienone is 1. The fraction of sp³-hybridized carbons (Fsp3) is 0.500. The van der Waals surface area contributed by atoms with Gasteiger partial charge < -0.3 is 0 Å². The molecular formula is C8H11Br. The Morgan fingerprint density at radius 3 is 2.22 bits per heavy atom. The maximum absolute atomic E-state index is 3.13. The predicted octanol–water partition coefficient (Wildman–Crippen LogP) is 2.94. The highest BCUT2D eigenvalue weighted by molar-refractivity contribution is 9.11. The van der Waals surface area contributed by atoms with Crippen LogP contribution >= 0.6 is 15.9 Å². The van der Waals surface area contributed by atoms with Crippen LogP contribution in [0.2, 0.25) is 0 Å². The number of hydrogen-bond acceptors (Lipinski definition) is 0. The van der Waals surface area contributed by atoms with Crippen LogP contribution in [0.15, 0.2) is 11.1 Å². The van der Waals surface area contributed by atoms with Crippen molar-refractivity contribution in [1.82, 2.24) is 0 Å². The van der Waals surface area contributed by atoms with Crippen molar-refractivity contribution < 1.29 is 0 Å². The van der Waals surface area contributed by atoms with Gasteiger partial charge in [0.2, 0.25) is 0 Å². The zero-order chi connectivity index (χ0) is 7.33. The SMILES string of the molecule is CC(C)(C)C#C/C=C/Br. The van der Waals surface area contributed by atoms with Crippen LogP contribution in [-0.4, -0.2) is 0 Å². The first-order valence-corrected chi connectivity index (χ1v) is 3.76. The number of rotatable bonds is 0. The molecule has 0 spiro atoms. The van der Waals surface area contributed by atoms with Gasteiger partial charge in [0.25, 0.3) is 0 Å². The quantitative estimate of drug-likeness (QED) is 0.511. The van der Waals surface area contributed by atoms with Crippen LogP contribution in [-0.2, 0) is 0 Å². The molecule has 0 nitrogen and oxygen atoms in total. The minimum Gasteiger partial charge on any atom is -0.0926 e. The van der Waals surface area contributed by atoms with Gasteiger partial charge in [-0.15, -0.1) is 0 Å². The van der Waals surface area contributed by atoms with Gasteiger partial charge in [-0.2, -0.15) is 0 Å². The third-order valence-electron chi connectivity index (χ3n) is 0.593. The molecule has 0 amide bonds.